The number of carbonyl (C=O) groups is 1. The number of hydrogen-bond donors (Lipinski definition) is 0. The number of rotatable bonds is 18. The summed E-state index contributed by atoms with van der Waals surface area (Å²) in [5.41, 5.74) is 1.31. The Labute approximate surface area is 172 Å². The molecule has 2 nitrogen and oxygen atoms in total. The molecule has 1 rings (SSSR count). The summed E-state index contributed by atoms with van der Waals surface area (Å²) in [6.45, 7) is 4.04. The van der Waals surface area contributed by atoms with Crippen molar-refractivity contribution in [3.63, 3.8) is 0 Å². The van der Waals surface area contributed by atoms with Crippen LogP contribution in [0.5, 0.6) is 0 Å². The van der Waals surface area contributed by atoms with E-state index in [1.54, 1.807) is 11.9 Å². The van der Waals surface area contributed by atoms with Crippen LogP contribution in [0.2, 0.25) is 0 Å². The highest BCUT2D eigenvalue weighted by Gasteiger charge is 2.08. The monoisotopic (exact) mass is 391 g/mol. The summed E-state index contributed by atoms with van der Waals surface area (Å²) < 4.78 is 2.29. The lowest BCUT2D eigenvalue weighted by molar-refractivity contribution is -0.119. The lowest BCUT2D eigenvalue weighted by Gasteiger charge is -2.18. The van der Waals surface area contributed by atoms with Crippen LogP contribution < -0.4 is 0 Å². The number of ketones is 1. The normalized spacial score (nSPS) is 11.2. The molecule has 0 saturated carbocycles. The second-order valence-corrected chi connectivity index (χ2v) is 8.49. The van der Waals surface area contributed by atoms with Crippen molar-refractivity contribution in [1.82, 2.24) is 4.31 Å². The zero-order valence-electron chi connectivity index (χ0n) is 17.8. The molecule has 0 aliphatic rings. The van der Waals surface area contributed by atoms with Crippen LogP contribution in [0.4, 0.5) is 0 Å². The number of unbranched alkanes of at least 4 members (excludes halogenated alkanes) is 10. The van der Waals surface area contributed by atoms with E-state index in [4.69, 9.17) is 0 Å². The lowest BCUT2D eigenvalue weighted by Crippen LogP contribution is -2.19. The molecule has 0 aliphatic heterocycles. The van der Waals surface area contributed by atoms with Crippen molar-refractivity contribution in [3.8, 4) is 0 Å². The highest BCUT2D eigenvalue weighted by Crippen LogP contribution is 2.15. The van der Waals surface area contributed by atoms with Gasteiger partial charge in [-0.1, -0.05) is 113 Å². The topological polar surface area (TPSA) is 20.3 Å². The Morgan fingerprint density at radius 2 is 1.37 bits per heavy atom. The van der Waals surface area contributed by atoms with Crippen LogP contribution in [0.3, 0.4) is 0 Å². The Morgan fingerprint density at radius 1 is 0.815 bits per heavy atom. The second kappa shape index (κ2) is 17.3. The van der Waals surface area contributed by atoms with Crippen LogP contribution >= 0.6 is 11.9 Å². The van der Waals surface area contributed by atoms with E-state index in [0.717, 1.165) is 25.9 Å². The Hall–Kier alpha value is -0.800. The zero-order valence-corrected chi connectivity index (χ0v) is 18.6. The molecule has 3 heteroatoms. The van der Waals surface area contributed by atoms with Crippen LogP contribution in [0.1, 0.15) is 96.0 Å². The Kier molecular flexibility index (Phi) is 15.5. The third-order valence-electron chi connectivity index (χ3n) is 5.16. The average molecular weight is 392 g/mol. The standard InChI is InChI=1S/C24H41NOS/c1-3-4-5-6-7-8-9-10-11-12-16-19-24(26)20-21-25(27-2)22-23-17-14-13-15-18-23/h13-15,17-18H,3-12,16,19-22H2,1-2H3. The highest BCUT2D eigenvalue weighted by molar-refractivity contribution is 7.96. The van der Waals surface area contributed by atoms with Gasteiger partial charge in [-0.15, -0.1) is 0 Å². The fourth-order valence-corrected chi connectivity index (χ4v) is 3.93. The van der Waals surface area contributed by atoms with Gasteiger partial charge >= 0.3 is 0 Å². The Bertz CT molecular complexity index is 463. The third kappa shape index (κ3) is 13.9. The molecule has 0 unspecified atom stereocenters. The van der Waals surface area contributed by atoms with Crippen LogP contribution in [-0.2, 0) is 11.3 Å². The molecular weight excluding hydrogens is 350 g/mol. The molecule has 0 spiro atoms. The van der Waals surface area contributed by atoms with Gasteiger partial charge in [-0.3, -0.25) is 4.79 Å². The molecule has 0 aromatic heterocycles. The van der Waals surface area contributed by atoms with E-state index < -0.39 is 0 Å². The summed E-state index contributed by atoms with van der Waals surface area (Å²) in [4.78, 5) is 12.1. The first kappa shape index (κ1) is 24.2. The van der Waals surface area contributed by atoms with Gasteiger partial charge in [0.1, 0.15) is 5.78 Å². The SMILES string of the molecule is CCCCCCCCCCCCCC(=O)CCN(Cc1ccccc1)SC. The summed E-state index contributed by atoms with van der Waals surface area (Å²) in [6.07, 6.45) is 18.2. The molecule has 0 heterocycles. The smallest absolute Gasteiger partial charge is 0.134 e. The summed E-state index contributed by atoms with van der Waals surface area (Å²) >= 11 is 1.73. The molecule has 0 amide bonds. The molecule has 0 bridgehead atoms. The van der Waals surface area contributed by atoms with Crippen molar-refractivity contribution in [3.05, 3.63) is 35.9 Å². The number of benzene rings is 1. The number of hydrogen-bond acceptors (Lipinski definition) is 3. The minimum atomic E-state index is 0.429. The largest absolute Gasteiger partial charge is 0.300 e. The highest BCUT2D eigenvalue weighted by atomic mass is 32.2. The van der Waals surface area contributed by atoms with Crippen molar-refractivity contribution in [1.29, 1.82) is 0 Å². The van der Waals surface area contributed by atoms with Gasteiger partial charge in [0.2, 0.25) is 0 Å². The third-order valence-corrected chi connectivity index (χ3v) is 5.99. The van der Waals surface area contributed by atoms with E-state index in [-0.39, 0.29) is 0 Å². The van der Waals surface area contributed by atoms with Gasteiger partial charge in [0.25, 0.3) is 0 Å². The van der Waals surface area contributed by atoms with Crippen LogP contribution in [-0.4, -0.2) is 22.9 Å². The van der Waals surface area contributed by atoms with E-state index in [2.05, 4.69) is 41.8 Å². The summed E-state index contributed by atoms with van der Waals surface area (Å²) in [5.74, 6) is 0.429. The van der Waals surface area contributed by atoms with Gasteiger partial charge in [0, 0.05) is 25.9 Å². The van der Waals surface area contributed by atoms with E-state index >= 15 is 0 Å². The van der Waals surface area contributed by atoms with Crippen molar-refractivity contribution >= 4 is 17.7 Å². The van der Waals surface area contributed by atoms with Gasteiger partial charge in [0.15, 0.2) is 0 Å². The molecule has 0 radical (unpaired) electrons. The molecule has 1 aromatic carbocycles. The minimum Gasteiger partial charge on any atom is -0.300 e. The molecule has 0 N–H and O–H groups in total. The summed E-state index contributed by atoms with van der Waals surface area (Å²) in [7, 11) is 0. The van der Waals surface area contributed by atoms with E-state index in [1.807, 2.05) is 6.07 Å². The maximum atomic E-state index is 12.1. The van der Waals surface area contributed by atoms with Crippen molar-refractivity contribution in [2.75, 3.05) is 12.8 Å². The second-order valence-electron chi connectivity index (χ2n) is 7.61. The first-order valence-corrected chi connectivity index (χ1v) is 12.3. The molecule has 0 aliphatic carbocycles. The summed E-state index contributed by atoms with van der Waals surface area (Å²) in [5, 5.41) is 0. The average Bonchev–Trinajstić information content (AvgIpc) is 2.70. The van der Waals surface area contributed by atoms with Crippen molar-refractivity contribution in [2.24, 2.45) is 0 Å². The first-order chi connectivity index (χ1) is 13.3. The molecule has 0 atom stereocenters. The molecule has 154 valence electrons. The Balaban J connectivity index is 1.96. The molecule has 0 fully saturated rings. The zero-order chi connectivity index (χ0) is 19.6. The molecular formula is C24H41NOS. The quantitative estimate of drug-likeness (QED) is 0.192. The summed E-state index contributed by atoms with van der Waals surface area (Å²) in [6, 6.07) is 10.5. The molecule has 27 heavy (non-hydrogen) atoms. The maximum absolute atomic E-state index is 12.1. The van der Waals surface area contributed by atoms with Crippen LogP contribution in [0.15, 0.2) is 30.3 Å². The van der Waals surface area contributed by atoms with Gasteiger partial charge in [-0.05, 0) is 18.2 Å². The van der Waals surface area contributed by atoms with Gasteiger partial charge in [-0.25, -0.2) is 4.31 Å². The number of Topliss-reactive ketones (excluding diaryl/α,β-unsaturated/α-hetero) is 1. The maximum Gasteiger partial charge on any atom is 0.134 e. The fraction of sp³-hybridized carbons (Fsp3) is 0.708. The number of nitrogens with zero attached hydrogens (tertiary/aromatic N) is 1. The fourth-order valence-electron chi connectivity index (χ4n) is 3.38. The van der Waals surface area contributed by atoms with Gasteiger partial charge in [0.05, 0.1) is 0 Å². The van der Waals surface area contributed by atoms with E-state index in [9.17, 15) is 4.79 Å². The predicted octanol–water partition coefficient (Wildman–Crippen LogP) is 7.43. The minimum absolute atomic E-state index is 0.429. The van der Waals surface area contributed by atoms with E-state index in [1.165, 1.54) is 69.8 Å². The van der Waals surface area contributed by atoms with Crippen LogP contribution in [0, 0.1) is 0 Å². The molecule has 0 saturated heterocycles. The number of carbonyl (C=O) groups excluding carboxylic acids is 1. The van der Waals surface area contributed by atoms with Crippen molar-refractivity contribution < 1.29 is 4.79 Å². The van der Waals surface area contributed by atoms with Gasteiger partial charge in [-0.2, -0.15) is 0 Å². The predicted molar refractivity (Wildman–Crippen MR) is 121 cm³/mol. The lowest BCUT2D eigenvalue weighted by atomic mass is 10.0. The first-order valence-electron chi connectivity index (χ1n) is 11.1. The van der Waals surface area contributed by atoms with E-state index in [0.29, 0.717) is 12.2 Å². The van der Waals surface area contributed by atoms with Crippen LogP contribution in [0.25, 0.3) is 0 Å². The van der Waals surface area contributed by atoms with Crippen molar-refractivity contribution in [2.45, 2.75) is 96.9 Å². The van der Waals surface area contributed by atoms with Gasteiger partial charge < -0.3 is 0 Å². The Morgan fingerprint density at radius 3 is 1.93 bits per heavy atom. The molecule has 1 aromatic rings.